The van der Waals surface area contributed by atoms with Crippen molar-refractivity contribution in [1.29, 1.82) is 0 Å². The largest absolute Gasteiger partial charge is 0.465 e. The SMILES string of the molecule is CCN(c1cc(-c2cnn(C)c2)cc(C(=O)OC)c1C)C1CCC(N(C)C)CC1. The molecular weight excluding hydrogens is 364 g/mol. The monoisotopic (exact) mass is 398 g/mol. The van der Waals surface area contributed by atoms with Crippen molar-refractivity contribution in [3.8, 4) is 11.1 Å². The summed E-state index contributed by atoms with van der Waals surface area (Å²) in [5, 5.41) is 4.30. The van der Waals surface area contributed by atoms with Gasteiger partial charge >= 0.3 is 5.97 Å². The highest BCUT2D eigenvalue weighted by atomic mass is 16.5. The van der Waals surface area contributed by atoms with Crippen LogP contribution in [0.25, 0.3) is 11.1 Å². The summed E-state index contributed by atoms with van der Waals surface area (Å²) in [6.45, 7) is 5.14. The zero-order chi connectivity index (χ0) is 21.1. The topological polar surface area (TPSA) is 50.6 Å². The molecule has 0 radical (unpaired) electrons. The summed E-state index contributed by atoms with van der Waals surface area (Å²) in [5.41, 5.74) is 4.75. The molecule has 6 heteroatoms. The number of carbonyl (C=O) groups excluding carboxylic acids is 1. The van der Waals surface area contributed by atoms with Crippen LogP contribution in [0.2, 0.25) is 0 Å². The van der Waals surface area contributed by atoms with E-state index in [-0.39, 0.29) is 5.97 Å². The fraction of sp³-hybridized carbons (Fsp3) is 0.565. The number of benzene rings is 1. The van der Waals surface area contributed by atoms with Crippen molar-refractivity contribution in [2.45, 2.75) is 51.6 Å². The average molecular weight is 399 g/mol. The fourth-order valence-electron chi connectivity index (χ4n) is 4.57. The first-order valence-electron chi connectivity index (χ1n) is 10.5. The summed E-state index contributed by atoms with van der Waals surface area (Å²) in [7, 11) is 7.69. The molecule has 1 aromatic heterocycles. The second-order valence-electron chi connectivity index (χ2n) is 8.27. The van der Waals surface area contributed by atoms with E-state index in [0.717, 1.165) is 28.9 Å². The molecule has 0 spiro atoms. The first-order valence-corrected chi connectivity index (χ1v) is 10.5. The quantitative estimate of drug-likeness (QED) is 0.691. The Morgan fingerprint density at radius 2 is 1.83 bits per heavy atom. The second kappa shape index (κ2) is 8.99. The van der Waals surface area contributed by atoms with Gasteiger partial charge in [-0.15, -0.1) is 0 Å². The minimum atomic E-state index is -0.290. The van der Waals surface area contributed by atoms with Gasteiger partial charge in [-0.25, -0.2) is 4.79 Å². The molecule has 0 N–H and O–H groups in total. The summed E-state index contributed by atoms with van der Waals surface area (Å²) in [6.07, 6.45) is 8.57. The maximum absolute atomic E-state index is 12.5. The molecule has 0 amide bonds. The van der Waals surface area contributed by atoms with Crippen LogP contribution in [0.3, 0.4) is 0 Å². The highest BCUT2D eigenvalue weighted by molar-refractivity contribution is 5.95. The van der Waals surface area contributed by atoms with Crippen LogP contribution in [0, 0.1) is 6.92 Å². The van der Waals surface area contributed by atoms with E-state index in [1.54, 1.807) is 4.68 Å². The van der Waals surface area contributed by atoms with E-state index in [9.17, 15) is 4.79 Å². The van der Waals surface area contributed by atoms with Gasteiger partial charge in [0.15, 0.2) is 0 Å². The van der Waals surface area contributed by atoms with Crippen molar-refractivity contribution in [3.63, 3.8) is 0 Å². The molecule has 158 valence electrons. The van der Waals surface area contributed by atoms with Crippen LogP contribution in [0.5, 0.6) is 0 Å². The summed E-state index contributed by atoms with van der Waals surface area (Å²) < 4.78 is 6.87. The minimum absolute atomic E-state index is 0.290. The van der Waals surface area contributed by atoms with Crippen LogP contribution in [-0.4, -0.2) is 60.5 Å². The molecule has 29 heavy (non-hydrogen) atoms. The number of esters is 1. The van der Waals surface area contributed by atoms with Gasteiger partial charge in [0.25, 0.3) is 0 Å². The van der Waals surface area contributed by atoms with E-state index in [2.05, 4.69) is 42.0 Å². The van der Waals surface area contributed by atoms with Gasteiger partial charge in [0.05, 0.1) is 18.9 Å². The lowest BCUT2D eigenvalue weighted by atomic mass is 9.88. The lowest BCUT2D eigenvalue weighted by Gasteiger charge is -2.40. The van der Waals surface area contributed by atoms with Gasteiger partial charge in [0.1, 0.15) is 0 Å². The van der Waals surface area contributed by atoms with E-state index < -0.39 is 0 Å². The Morgan fingerprint density at radius 3 is 2.34 bits per heavy atom. The number of anilines is 1. The summed E-state index contributed by atoms with van der Waals surface area (Å²) in [5.74, 6) is -0.290. The third kappa shape index (κ3) is 4.47. The molecule has 0 bridgehead atoms. The Hall–Kier alpha value is -2.34. The van der Waals surface area contributed by atoms with Crippen molar-refractivity contribution in [1.82, 2.24) is 14.7 Å². The highest BCUT2D eigenvalue weighted by Crippen LogP contribution is 2.35. The number of ether oxygens (including phenoxy) is 1. The first kappa shape index (κ1) is 21.4. The fourth-order valence-corrected chi connectivity index (χ4v) is 4.57. The number of aryl methyl sites for hydroxylation is 1. The standard InChI is InChI=1S/C23H34N4O2/c1-7-27(20-10-8-19(9-11-20)25(3)4)22-13-17(18-14-24-26(5)15-18)12-21(16(22)2)23(28)29-6/h12-15,19-20H,7-11H2,1-6H3. The Balaban J connectivity index is 2.00. The summed E-state index contributed by atoms with van der Waals surface area (Å²) in [4.78, 5) is 17.3. The van der Waals surface area contributed by atoms with Crippen LogP contribution in [0.15, 0.2) is 24.5 Å². The smallest absolute Gasteiger partial charge is 0.338 e. The minimum Gasteiger partial charge on any atom is -0.465 e. The van der Waals surface area contributed by atoms with E-state index in [1.165, 1.54) is 32.8 Å². The molecule has 1 aliphatic carbocycles. The molecule has 1 fully saturated rings. The second-order valence-corrected chi connectivity index (χ2v) is 8.27. The van der Waals surface area contributed by atoms with E-state index in [1.807, 2.05) is 32.4 Å². The zero-order valence-corrected chi connectivity index (χ0v) is 18.6. The molecule has 1 aliphatic rings. The third-order valence-corrected chi connectivity index (χ3v) is 6.31. The molecule has 3 rings (SSSR count). The Kier molecular flexibility index (Phi) is 6.63. The van der Waals surface area contributed by atoms with Crippen molar-refractivity contribution in [2.75, 3.05) is 32.6 Å². The molecule has 6 nitrogen and oxygen atoms in total. The molecule has 1 heterocycles. The highest BCUT2D eigenvalue weighted by Gasteiger charge is 2.28. The maximum atomic E-state index is 12.5. The predicted octanol–water partition coefficient (Wildman–Crippen LogP) is 3.88. The Morgan fingerprint density at radius 1 is 1.17 bits per heavy atom. The Bertz CT molecular complexity index is 851. The van der Waals surface area contributed by atoms with Gasteiger partial charge in [-0.1, -0.05) is 0 Å². The lowest BCUT2D eigenvalue weighted by molar-refractivity contribution is 0.0600. The van der Waals surface area contributed by atoms with Crippen molar-refractivity contribution in [3.05, 3.63) is 35.7 Å². The number of hydrogen-bond acceptors (Lipinski definition) is 5. The van der Waals surface area contributed by atoms with Crippen molar-refractivity contribution >= 4 is 11.7 Å². The molecule has 0 aliphatic heterocycles. The maximum Gasteiger partial charge on any atom is 0.338 e. The zero-order valence-electron chi connectivity index (χ0n) is 18.6. The molecule has 2 aromatic rings. The van der Waals surface area contributed by atoms with Crippen LogP contribution in [0.1, 0.15) is 48.5 Å². The van der Waals surface area contributed by atoms with Gasteiger partial charge in [-0.3, -0.25) is 4.68 Å². The van der Waals surface area contributed by atoms with Crippen LogP contribution in [-0.2, 0) is 11.8 Å². The van der Waals surface area contributed by atoms with E-state index >= 15 is 0 Å². The predicted molar refractivity (Wildman–Crippen MR) is 117 cm³/mol. The molecule has 0 saturated heterocycles. The van der Waals surface area contributed by atoms with E-state index in [4.69, 9.17) is 4.74 Å². The summed E-state index contributed by atoms with van der Waals surface area (Å²) >= 11 is 0. The number of aromatic nitrogens is 2. The molecule has 0 unspecified atom stereocenters. The van der Waals surface area contributed by atoms with Gasteiger partial charge < -0.3 is 14.5 Å². The number of carbonyl (C=O) groups is 1. The normalized spacial score (nSPS) is 19.4. The lowest BCUT2D eigenvalue weighted by Crippen LogP contribution is -2.42. The van der Waals surface area contributed by atoms with Crippen LogP contribution >= 0.6 is 0 Å². The molecule has 0 atom stereocenters. The van der Waals surface area contributed by atoms with Crippen molar-refractivity contribution < 1.29 is 9.53 Å². The molecule has 1 saturated carbocycles. The third-order valence-electron chi connectivity index (χ3n) is 6.31. The number of nitrogens with zero attached hydrogens (tertiary/aromatic N) is 4. The Labute approximate surface area is 174 Å². The van der Waals surface area contributed by atoms with Gasteiger partial charge in [-0.05, 0) is 76.9 Å². The number of methoxy groups -OCH3 is 1. The van der Waals surface area contributed by atoms with Gasteiger partial charge in [0.2, 0.25) is 0 Å². The van der Waals surface area contributed by atoms with Crippen LogP contribution in [0.4, 0.5) is 5.69 Å². The van der Waals surface area contributed by atoms with Gasteiger partial charge in [-0.2, -0.15) is 5.10 Å². The van der Waals surface area contributed by atoms with Gasteiger partial charge in [0, 0.05) is 43.1 Å². The molecular formula is C23H34N4O2. The van der Waals surface area contributed by atoms with E-state index in [0.29, 0.717) is 17.6 Å². The van der Waals surface area contributed by atoms with Crippen molar-refractivity contribution in [2.24, 2.45) is 7.05 Å². The average Bonchev–Trinajstić information content (AvgIpc) is 3.16. The van der Waals surface area contributed by atoms with Crippen LogP contribution < -0.4 is 4.90 Å². The molecule has 1 aromatic carbocycles. The first-order chi connectivity index (χ1) is 13.8. The summed E-state index contributed by atoms with van der Waals surface area (Å²) in [6, 6.07) is 5.29. The number of rotatable bonds is 6. The number of hydrogen-bond donors (Lipinski definition) is 0.